The SMILES string of the molecule is NC(Cc1c[nH]cn1)C(=O)O.[CaH2]. The van der Waals surface area contributed by atoms with Gasteiger partial charge in [0.15, 0.2) is 0 Å². The molecule has 0 aliphatic rings. The Labute approximate surface area is 99.4 Å². The molecule has 0 amide bonds. The van der Waals surface area contributed by atoms with Crippen molar-refractivity contribution in [3.8, 4) is 0 Å². The second kappa shape index (κ2) is 5.53. The second-order valence-corrected chi connectivity index (χ2v) is 2.21. The average Bonchev–Trinajstić information content (AvgIpc) is 2.39. The number of carboxylic acids is 1. The van der Waals surface area contributed by atoms with Crippen LogP contribution in [0, 0.1) is 0 Å². The fourth-order valence-corrected chi connectivity index (χ4v) is 0.715. The predicted molar refractivity (Wildman–Crippen MR) is 46.4 cm³/mol. The zero-order valence-electron chi connectivity index (χ0n) is 5.82. The summed E-state index contributed by atoms with van der Waals surface area (Å²) in [6, 6.07) is -0.863. The summed E-state index contributed by atoms with van der Waals surface area (Å²) in [6.07, 6.45) is 3.38. The Hall–Kier alpha value is -0.100. The molecule has 0 radical (unpaired) electrons. The molecule has 4 N–H and O–H groups in total. The van der Waals surface area contributed by atoms with Crippen LogP contribution in [0.25, 0.3) is 0 Å². The first kappa shape index (κ1) is 11.9. The van der Waals surface area contributed by atoms with E-state index < -0.39 is 12.0 Å². The number of hydrogen-bond acceptors (Lipinski definition) is 3. The molecular formula is C6H11CaN3O2. The third-order valence-electron chi connectivity index (χ3n) is 1.30. The number of carboxylic acid groups (broad SMARTS) is 1. The van der Waals surface area contributed by atoms with Crippen molar-refractivity contribution in [2.45, 2.75) is 12.5 Å². The summed E-state index contributed by atoms with van der Waals surface area (Å²) in [7, 11) is 0. The summed E-state index contributed by atoms with van der Waals surface area (Å²) in [5, 5.41) is 8.42. The van der Waals surface area contributed by atoms with E-state index in [0.29, 0.717) is 5.69 Å². The number of H-pyrrole nitrogens is 1. The molecule has 6 heteroatoms. The number of hydrogen-bond donors (Lipinski definition) is 3. The van der Waals surface area contributed by atoms with Gasteiger partial charge in [-0.15, -0.1) is 0 Å². The van der Waals surface area contributed by atoms with E-state index >= 15 is 0 Å². The number of rotatable bonds is 3. The Kier molecular flexibility index (Phi) is 5.48. The molecule has 64 valence electrons. The van der Waals surface area contributed by atoms with Gasteiger partial charge in [-0.25, -0.2) is 4.98 Å². The monoisotopic (exact) mass is 197 g/mol. The van der Waals surface area contributed by atoms with Gasteiger partial charge in [0.1, 0.15) is 6.04 Å². The number of aromatic amines is 1. The molecule has 1 atom stereocenters. The fraction of sp³-hybridized carbons (Fsp3) is 0.333. The quantitative estimate of drug-likeness (QED) is 0.511. The molecule has 1 unspecified atom stereocenters. The maximum absolute atomic E-state index is 10.3. The number of nitrogens with one attached hydrogen (secondary N) is 1. The Morgan fingerprint density at radius 1 is 1.83 bits per heavy atom. The zero-order valence-corrected chi connectivity index (χ0v) is 5.82. The molecule has 0 saturated heterocycles. The number of aromatic nitrogens is 2. The molecule has 1 rings (SSSR count). The number of nitrogens with two attached hydrogens (primary N) is 1. The van der Waals surface area contributed by atoms with Crippen LogP contribution in [0.3, 0.4) is 0 Å². The third-order valence-corrected chi connectivity index (χ3v) is 1.30. The molecule has 0 fully saturated rings. The topological polar surface area (TPSA) is 92.0 Å². The van der Waals surface area contributed by atoms with Gasteiger partial charge in [0.2, 0.25) is 0 Å². The second-order valence-electron chi connectivity index (χ2n) is 2.21. The maximum atomic E-state index is 10.3. The molecule has 0 aliphatic carbocycles. The van der Waals surface area contributed by atoms with Crippen LogP contribution in [0.5, 0.6) is 0 Å². The van der Waals surface area contributed by atoms with Gasteiger partial charge in [-0.05, 0) is 0 Å². The van der Waals surface area contributed by atoms with Gasteiger partial charge in [0.05, 0.1) is 12.0 Å². The van der Waals surface area contributed by atoms with Crippen LogP contribution in [0.15, 0.2) is 12.5 Å². The molecule has 12 heavy (non-hydrogen) atoms. The summed E-state index contributed by atoms with van der Waals surface area (Å²) in [5.41, 5.74) is 5.92. The van der Waals surface area contributed by atoms with Crippen LogP contribution in [0.2, 0.25) is 0 Å². The van der Waals surface area contributed by atoms with E-state index in [1.165, 1.54) is 6.33 Å². The van der Waals surface area contributed by atoms with Gasteiger partial charge in [-0.3, -0.25) is 4.79 Å². The number of carbonyl (C=O) groups is 1. The van der Waals surface area contributed by atoms with Gasteiger partial charge < -0.3 is 15.8 Å². The molecule has 1 aromatic heterocycles. The third kappa shape index (κ3) is 3.53. The first-order chi connectivity index (χ1) is 5.20. The minimum atomic E-state index is -1.01. The van der Waals surface area contributed by atoms with Crippen molar-refractivity contribution < 1.29 is 9.90 Å². The van der Waals surface area contributed by atoms with E-state index in [4.69, 9.17) is 10.8 Å². The summed E-state index contributed by atoms with van der Waals surface area (Å²) in [6.45, 7) is 0. The van der Waals surface area contributed by atoms with Crippen molar-refractivity contribution >= 4 is 43.7 Å². The van der Waals surface area contributed by atoms with Gasteiger partial charge in [-0.1, -0.05) is 0 Å². The Balaban J connectivity index is 0.00000121. The molecule has 5 nitrogen and oxygen atoms in total. The van der Waals surface area contributed by atoms with Crippen molar-refractivity contribution in [1.29, 1.82) is 0 Å². The van der Waals surface area contributed by atoms with Gasteiger partial charge in [-0.2, -0.15) is 0 Å². The van der Waals surface area contributed by atoms with Crippen molar-refractivity contribution in [3.63, 3.8) is 0 Å². The summed E-state index contributed by atoms with van der Waals surface area (Å²) >= 11 is 0. The number of nitrogens with zero attached hydrogens (tertiary/aromatic N) is 1. The molecule has 0 spiro atoms. The van der Waals surface area contributed by atoms with Crippen molar-refractivity contribution in [2.24, 2.45) is 5.73 Å². The Morgan fingerprint density at radius 3 is 2.92 bits per heavy atom. The van der Waals surface area contributed by atoms with Crippen LogP contribution < -0.4 is 5.73 Å². The van der Waals surface area contributed by atoms with E-state index in [1.807, 2.05) is 0 Å². The molecular weight excluding hydrogens is 186 g/mol. The Morgan fingerprint density at radius 2 is 2.50 bits per heavy atom. The first-order valence-corrected chi connectivity index (χ1v) is 3.16. The van der Waals surface area contributed by atoms with Gasteiger partial charge in [0.25, 0.3) is 0 Å². The molecule has 1 aromatic rings. The zero-order chi connectivity index (χ0) is 8.27. The molecule has 1 heterocycles. The average molecular weight is 197 g/mol. The first-order valence-electron chi connectivity index (χ1n) is 3.16. The molecule has 0 aromatic carbocycles. The normalized spacial score (nSPS) is 11.8. The van der Waals surface area contributed by atoms with E-state index in [2.05, 4.69) is 9.97 Å². The van der Waals surface area contributed by atoms with E-state index in [0.717, 1.165) is 0 Å². The van der Waals surface area contributed by atoms with E-state index in [1.54, 1.807) is 6.20 Å². The minimum absolute atomic E-state index is 0. The number of imidazole rings is 1. The van der Waals surface area contributed by atoms with Crippen molar-refractivity contribution in [3.05, 3.63) is 18.2 Å². The standard InChI is InChI=1S/C6H9N3O2.Ca.2H/c7-5(6(10)11)1-4-2-8-3-9-4;;;/h2-3,5H,1,7H2,(H,8,9)(H,10,11);;;. The molecule has 0 saturated carbocycles. The summed E-state index contributed by atoms with van der Waals surface area (Å²) < 4.78 is 0. The van der Waals surface area contributed by atoms with Crippen molar-refractivity contribution in [1.82, 2.24) is 9.97 Å². The number of aliphatic carboxylic acids is 1. The van der Waals surface area contributed by atoms with Crippen LogP contribution >= 0.6 is 0 Å². The summed E-state index contributed by atoms with van der Waals surface area (Å²) in [5.74, 6) is -1.01. The van der Waals surface area contributed by atoms with E-state index in [9.17, 15) is 4.79 Å². The molecule has 0 bridgehead atoms. The van der Waals surface area contributed by atoms with E-state index in [-0.39, 0.29) is 44.2 Å². The van der Waals surface area contributed by atoms with Crippen LogP contribution in [0.4, 0.5) is 0 Å². The van der Waals surface area contributed by atoms with Crippen LogP contribution in [0.1, 0.15) is 5.69 Å². The Bertz CT molecular complexity index is 237. The fourth-order valence-electron chi connectivity index (χ4n) is 0.715. The molecule has 0 aliphatic heterocycles. The van der Waals surface area contributed by atoms with Crippen molar-refractivity contribution in [2.75, 3.05) is 0 Å². The van der Waals surface area contributed by atoms with Gasteiger partial charge in [0, 0.05) is 12.6 Å². The predicted octanol–water partition coefficient (Wildman–Crippen LogP) is -1.55. The summed E-state index contributed by atoms with van der Waals surface area (Å²) in [4.78, 5) is 16.8. The van der Waals surface area contributed by atoms with Crippen LogP contribution in [-0.4, -0.2) is 64.8 Å². The van der Waals surface area contributed by atoms with Gasteiger partial charge >= 0.3 is 43.7 Å². The van der Waals surface area contributed by atoms with Crippen LogP contribution in [-0.2, 0) is 11.2 Å².